The van der Waals surface area contributed by atoms with Crippen molar-refractivity contribution >= 4 is 45.9 Å². The molecule has 5 atom stereocenters. The molecule has 294 valence electrons. The van der Waals surface area contributed by atoms with E-state index in [4.69, 9.17) is 9.47 Å². The minimum absolute atomic E-state index is 0.0502. The fraction of sp³-hybridized carbons (Fsp3) is 0.556. The van der Waals surface area contributed by atoms with Gasteiger partial charge in [0.2, 0.25) is 21.8 Å². The number of halogens is 1. The fourth-order valence-corrected chi connectivity index (χ4v) is 7.90. The number of sulfonamides is 1. The van der Waals surface area contributed by atoms with Gasteiger partial charge in [0, 0.05) is 30.5 Å². The maximum atomic E-state index is 14.4. The quantitative estimate of drug-likeness (QED) is 0.115. The number of ether oxygens (including phenoxy) is 3. The summed E-state index contributed by atoms with van der Waals surface area (Å²) < 4.78 is 57.5. The van der Waals surface area contributed by atoms with E-state index in [9.17, 15) is 41.6 Å². The molecule has 0 spiro atoms. The number of methoxy groups -OCH3 is 1. The van der Waals surface area contributed by atoms with E-state index in [1.807, 2.05) is 0 Å². The number of hydrogen-bond donors (Lipinski definition) is 3. The van der Waals surface area contributed by atoms with E-state index in [-0.39, 0.29) is 45.3 Å². The minimum Gasteiger partial charge on any atom is -0.466 e. The van der Waals surface area contributed by atoms with Crippen molar-refractivity contribution in [3.05, 3.63) is 60.0 Å². The van der Waals surface area contributed by atoms with E-state index in [1.165, 1.54) is 36.3 Å². The van der Waals surface area contributed by atoms with Gasteiger partial charge >= 0.3 is 18.2 Å². The SMILES string of the molecule is C=C[C@@H]1C[C@]1(NC(=O)[C@@H]1C[C@@H](OC(=O)N2Cc3cccc(F)c3C2)CN1C(=O)[C@H](CCC=CC(=O)OC)NC(=O)OC(C)(C)C)C(=O)NS(=O)(=O)C1CC1. The van der Waals surface area contributed by atoms with Crippen molar-refractivity contribution in [2.24, 2.45) is 5.92 Å². The number of carbonyl (C=O) groups excluding carboxylic acids is 6. The summed E-state index contributed by atoms with van der Waals surface area (Å²) in [4.78, 5) is 82.1. The van der Waals surface area contributed by atoms with Gasteiger partial charge in [-0.3, -0.25) is 24.0 Å². The molecule has 0 radical (unpaired) electrons. The first kappa shape index (κ1) is 40.2. The van der Waals surface area contributed by atoms with Crippen molar-refractivity contribution in [3.8, 4) is 0 Å². The largest absolute Gasteiger partial charge is 0.466 e. The monoisotopic (exact) mass is 775 g/mol. The normalized spacial score (nSPS) is 23.9. The van der Waals surface area contributed by atoms with E-state index < -0.39 is 92.2 Å². The number of amides is 5. The molecule has 16 nitrogen and oxygen atoms in total. The predicted molar refractivity (Wildman–Crippen MR) is 189 cm³/mol. The highest BCUT2D eigenvalue weighted by Gasteiger charge is 2.62. The average Bonchev–Trinajstić information content (AvgIpc) is 3.99. The summed E-state index contributed by atoms with van der Waals surface area (Å²) in [6, 6.07) is 1.86. The molecule has 2 aliphatic carbocycles. The highest BCUT2D eigenvalue weighted by molar-refractivity contribution is 7.91. The van der Waals surface area contributed by atoms with Gasteiger partial charge in [0.15, 0.2) is 0 Å². The Kier molecular flexibility index (Phi) is 11.7. The lowest BCUT2D eigenvalue weighted by Crippen LogP contribution is -2.58. The van der Waals surface area contributed by atoms with Crippen LogP contribution < -0.4 is 15.4 Å². The van der Waals surface area contributed by atoms with Gasteiger partial charge in [-0.15, -0.1) is 6.58 Å². The average molecular weight is 776 g/mol. The number of likely N-dealkylation sites (tertiary alicyclic amines) is 1. The molecule has 3 fully saturated rings. The first-order valence-corrected chi connectivity index (χ1v) is 19.2. The zero-order valence-corrected chi connectivity index (χ0v) is 31.4. The molecule has 1 aromatic rings. The van der Waals surface area contributed by atoms with Crippen molar-refractivity contribution in [1.82, 2.24) is 25.2 Å². The van der Waals surface area contributed by atoms with Crippen LogP contribution in [0.4, 0.5) is 14.0 Å². The number of nitrogens with zero attached hydrogens (tertiary/aromatic N) is 2. The highest BCUT2D eigenvalue weighted by Crippen LogP contribution is 2.45. The van der Waals surface area contributed by atoms with Crippen LogP contribution in [-0.2, 0) is 56.5 Å². The molecule has 2 heterocycles. The number of allylic oxidation sites excluding steroid dienone is 1. The van der Waals surface area contributed by atoms with Crippen LogP contribution in [0.3, 0.4) is 0 Å². The number of nitrogens with one attached hydrogen (secondary N) is 3. The van der Waals surface area contributed by atoms with E-state index in [1.54, 1.807) is 26.8 Å². The van der Waals surface area contributed by atoms with Crippen molar-refractivity contribution in [1.29, 1.82) is 0 Å². The van der Waals surface area contributed by atoms with Crippen molar-refractivity contribution in [2.75, 3.05) is 13.7 Å². The van der Waals surface area contributed by atoms with Gasteiger partial charge in [-0.2, -0.15) is 0 Å². The molecule has 18 heteroatoms. The first-order valence-electron chi connectivity index (χ1n) is 17.6. The highest BCUT2D eigenvalue weighted by atomic mass is 32.2. The van der Waals surface area contributed by atoms with Gasteiger partial charge in [-0.05, 0) is 64.5 Å². The standard InChI is InChI=1S/C36H46FN5O11S/c1-6-22-17-36(22,32(46)40-54(49,50)24-14-15-24)39-30(44)28-16-23(52-34(48)41-18-21-10-9-11-26(37)25(21)20-41)19-42(28)31(45)27(12-7-8-13-29(43)51-5)38-33(47)53-35(2,3)4/h6,8-11,13,22-24,27-28H,1,7,12,14-20H2,2-5H3,(H,38,47)(H,39,44)(H,40,46)/t22-,23-,27+,28+,36-/m1/s1. The van der Waals surface area contributed by atoms with Crippen molar-refractivity contribution in [2.45, 2.75) is 107 Å². The van der Waals surface area contributed by atoms with Crippen LogP contribution in [0.25, 0.3) is 0 Å². The third-order valence-electron chi connectivity index (χ3n) is 9.62. The molecule has 5 rings (SSSR count). The topological polar surface area (TPSA) is 207 Å². The van der Waals surface area contributed by atoms with E-state index in [2.05, 4.69) is 26.7 Å². The van der Waals surface area contributed by atoms with Gasteiger partial charge in [-0.1, -0.05) is 24.3 Å². The lowest BCUT2D eigenvalue weighted by molar-refractivity contribution is -0.141. The van der Waals surface area contributed by atoms with Gasteiger partial charge in [0.05, 0.1) is 25.4 Å². The number of esters is 1. The van der Waals surface area contributed by atoms with Crippen LogP contribution in [0.15, 0.2) is 43.0 Å². The summed E-state index contributed by atoms with van der Waals surface area (Å²) in [6.07, 6.45) is 1.91. The molecule has 1 saturated heterocycles. The molecule has 1 aromatic carbocycles. The molecule has 0 aromatic heterocycles. The summed E-state index contributed by atoms with van der Waals surface area (Å²) in [5.41, 5.74) is -1.63. The van der Waals surface area contributed by atoms with Crippen LogP contribution in [0.1, 0.15) is 70.4 Å². The maximum absolute atomic E-state index is 14.4. The molecule has 2 saturated carbocycles. The van der Waals surface area contributed by atoms with Gasteiger partial charge < -0.3 is 29.7 Å². The summed E-state index contributed by atoms with van der Waals surface area (Å²) in [6.45, 7) is 8.32. The lowest BCUT2D eigenvalue weighted by atomic mass is 10.1. The van der Waals surface area contributed by atoms with Gasteiger partial charge in [0.1, 0.15) is 35.1 Å². The Morgan fingerprint density at radius 1 is 1.13 bits per heavy atom. The predicted octanol–water partition coefficient (Wildman–Crippen LogP) is 2.32. The lowest BCUT2D eigenvalue weighted by Gasteiger charge is -2.30. The number of rotatable bonds is 13. The second-order valence-corrected chi connectivity index (χ2v) is 16.8. The number of alkyl carbamates (subject to hydrolysis) is 1. The fourth-order valence-electron chi connectivity index (χ4n) is 6.54. The number of benzene rings is 1. The Hall–Kier alpha value is -5.00. The Labute approximate surface area is 312 Å². The molecular formula is C36H46FN5O11S. The smallest absolute Gasteiger partial charge is 0.410 e. The molecule has 0 unspecified atom stereocenters. The van der Waals surface area contributed by atoms with Crippen LogP contribution in [-0.4, -0.2) is 102 Å². The Morgan fingerprint density at radius 2 is 1.85 bits per heavy atom. The van der Waals surface area contributed by atoms with Crippen LogP contribution >= 0.6 is 0 Å². The van der Waals surface area contributed by atoms with Gasteiger partial charge in [-0.25, -0.2) is 27.2 Å². The Bertz CT molecular complexity index is 1840. The second kappa shape index (κ2) is 15.8. The van der Waals surface area contributed by atoms with Crippen LogP contribution in [0.2, 0.25) is 0 Å². The van der Waals surface area contributed by atoms with E-state index in [0.717, 1.165) is 11.0 Å². The second-order valence-electron chi connectivity index (χ2n) is 14.9. The summed E-state index contributed by atoms with van der Waals surface area (Å²) in [5, 5.41) is 4.49. The number of hydrogen-bond acceptors (Lipinski definition) is 11. The third kappa shape index (κ3) is 9.37. The third-order valence-corrected chi connectivity index (χ3v) is 11.4. The van der Waals surface area contributed by atoms with Crippen LogP contribution in [0, 0.1) is 11.7 Å². The van der Waals surface area contributed by atoms with Crippen molar-refractivity contribution in [3.63, 3.8) is 0 Å². The molecule has 4 aliphatic rings. The molecular weight excluding hydrogens is 729 g/mol. The molecule has 5 amide bonds. The molecule has 0 bridgehead atoms. The first-order chi connectivity index (χ1) is 25.4. The summed E-state index contributed by atoms with van der Waals surface area (Å²) >= 11 is 0. The van der Waals surface area contributed by atoms with Gasteiger partial charge in [0.25, 0.3) is 5.91 Å². The zero-order chi connectivity index (χ0) is 39.6. The summed E-state index contributed by atoms with van der Waals surface area (Å²) in [5.74, 6) is -4.24. The van der Waals surface area contributed by atoms with E-state index >= 15 is 0 Å². The molecule has 3 N–H and O–H groups in total. The molecule has 54 heavy (non-hydrogen) atoms. The Morgan fingerprint density at radius 3 is 2.46 bits per heavy atom. The minimum atomic E-state index is -3.97. The van der Waals surface area contributed by atoms with E-state index in [0.29, 0.717) is 24.0 Å². The number of fused-ring (bicyclic) bond motifs is 1. The van der Waals surface area contributed by atoms with Crippen LogP contribution in [0.5, 0.6) is 0 Å². The summed E-state index contributed by atoms with van der Waals surface area (Å²) in [7, 11) is -2.77. The zero-order valence-electron chi connectivity index (χ0n) is 30.6. The number of carbonyl (C=O) groups is 6. The van der Waals surface area contributed by atoms with Crippen molar-refractivity contribution < 1.29 is 55.8 Å². The maximum Gasteiger partial charge on any atom is 0.410 e. The molecule has 2 aliphatic heterocycles. The Balaban J connectivity index is 1.38.